The van der Waals surface area contributed by atoms with Gasteiger partial charge in [0.05, 0.1) is 13.5 Å². The Morgan fingerprint density at radius 2 is 2.19 bits per heavy atom. The molecular formula is C13H17NO2. The minimum Gasteiger partial charge on any atom is -0.497 e. The summed E-state index contributed by atoms with van der Waals surface area (Å²) in [5.41, 5.74) is 2.38. The first kappa shape index (κ1) is 11.0. The first-order valence-corrected chi connectivity index (χ1v) is 5.68. The van der Waals surface area contributed by atoms with E-state index in [9.17, 15) is 4.79 Å². The zero-order valence-electron chi connectivity index (χ0n) is 9.82. The molecule has 1 heterocycles. The van der Waals surface area contributed by atoms with E-state index in [1.54, 1.807) is 7.11 Å². The maximum atomic E-state index is 11.9. The molecule has 0 saturated heterocycles. The number of ether oxygens (including phenoxy) is 1. The van der Waals surface area contributed by atoms with Crippen molar-refractivity contribution in [1.82, 2.24) is 4.90 Å². The Hall–Kier alpha value is -1.51. The second-order valence-corrected chi connectivity index (χ2v) is 4.03. The Morgan fingerprint density at radius 1 is 1.38 bits per heavy atom. The van der Waals surface area contributed by atoms with Crippen LogP contribution in [0.15, 0.2) is 18.2 Å². The molecule has 1 aliphatic rings. The van der Waals surface area contributed by atoms with E-state index in [0.29, 0.717) is 6.42 Å². The third kappa shape index (κ3) is 2.03. The average Bonchev–Trinajstić information content (AvgIpc) is 2.46. The molecule has 3 heteroatoms. The van der Waals surface area contributed by atoms with Gasteiger partial charge in [-0.1, -0.05) is 6.07 Å². The van der Waals surface area contributed by atoms with Crippen molar-refractivity contribution in [2.75, 3.05) is 20.2 Å². The molecule has 0 aliphatic carbocycles. The Morgan fingerprint density at radius 3 is 2.88 bits per heavy atom. The summed E-state index contributed by atoms with van der Waals surface area (Å²) in [7, 11) is 1.65. The molecule has 86 valence electrons. The molecule has 2 rings (SSSR count). The van der Waals surface area contributed by atoms with E-state index < -0.39 is 0 Å². The standard InChI is InChI=1S/C13H17NO2/c1-3-14-7-6-10-4-5-12(16-2)8-11(10)9-13(14)15/h4-5,8H,3,6-7,9H2,1-2H3. The van der Waals surface area contributed by atoms with E-state index in [1.807, 2.05) is 24.0 Å². The molecule has 1 aromatic rings. The topological polar surface area (TPSA) is 29.5 Å². The Kier molecular flexibility index (Phi) is 3.13. The summed E-state index contributed by atoms with van der Waals surface area (Å²) in [4.78, 5) is 13.8. The molecule has 0 N–H and O–H groups in total. The van der Waals surface area contributed by atoms with E-state index in [0.717, 1.165) is 30.8 Å². The van der Waals surface area contributed by atoms with Crippen LogP contribution in [0.2, 0.25) is 0 Å². The molecule has 0 saturated carbocycles. The molecular weight excluding hydrogens is 202 g/mol. The lowest BCUT2D eigenvalue weighted by Gasteiger charge is -2.17. The Labute approximate surface area is 96.0 Å². The fourth-order valence-electron chi connectivity index (χ4n) is 2.13. The summed E-state index contributed by atoms with van der Waals surface area (Å²) in [5, 5.41) is 0. The lowest BCUT2D eigenvalue weighted by atomic mass is 10.0. The van der Waals surface area contributed by atoms with Crippen LogP contribution in [-0.2, 0) is 17.6 Å². The van der Waals surface area contributed by atoms with Crippen molar-refractivity contribution >= 4 is 5.91 Å². The van der Waals surface area contributed by atoms with Crippen molar-refractivity contribution in [1.29, 1.82) is 0 Å². The zero-order valence-corrected chi connectivity index (χ0v) is 9.82. The summed E-state index contributed by atoms with van der Waals surface area (Å²) in [6.07, 6.45) is 1.44. The summed E-state index contributed by atoms with van der Waals surface area (Å²) in [6, 6.07) is 6.01. The van der Waals surface area contributed by atoms with Gasteiger partial charge in [0.2, 0.25) is 5.91 Å². The van der Waals surface area contributed by atoms with Crippen molar-refractivity contribution in [2.24, 2.45) is 0 Å². The van der Waals surface area contributed by atoms with Gasteiger partial charge in [-0.05, 0) is 36.6 Å². The monoisotopic (exact) mass is 219 g/mol. The van der Waals surface area contributed by atoms with Crippen molar-refractivity contribution in [3.63, 3.8) is 0 Å². The number of hydrogen-bond donors (Lipinski definition) is 0. The quantitative estimate of drug-likeness (QED) is 0.756. The van der Waals surface area contributed by atoms with E-state index >= 15 is 0 Å². The van der Waals surface area contributed by atoms with Crippen LogP contribution in [0.25, 0.3) is 0 Å². The lowest BCUT2D eigenvalue weighted by Crippen LogP contribution is -2.31. The molecule has 0 unspecified atom stereocenters. The lowest BCUT2D eigenvalue weighted by molar-refractivity contribution is -0.129. The molecule has 3 nitrogen and oxygen atoms in total. The maximum Gasteiger partial charge on any atom is 0.227 e. The minimum absolute atomic E-state index is 0.217. The van der Waals surface area contributed by atoms with Gasteiger partial charge in [-0.15, -0.1) is 0 Å². The summed E-state index contributed by atoms with van der Waals surface area (Å²) >= 11 is 0. The minimum atomic E-state index is 0.217. The number of benzene rings is 1. The van der Waals surface area contributed by atoms with Crippen molar-refractivity contribution in [3.8, 4) is 5.75 Å². The molecule has 0 aromatic heterocycles. The second kappa shape index (κ2) is 4.56. The molecule has 0 radical (unpaired) electrons. The fraction of sp³-hybridized carbons (Fsp3) is 0.462. The number of nitrogens with zero attached hydrogens (tertiary/aromatic N) is 1. The number of rotatable bonds is 2. The SMILES string of the molecule is CCN1CCc2ccc(OC)cc2CC1=O. The van der Waals surface area contributed by atoms with Gasteiger partial charge in [-0.3, -0.25) is 4.79 Å². The Bertz CT molecular complexity index is 401. The highest BCUT2D eigenvalue weighted by Gasteiger charge is 2.19. The van der Waals surface area contributed by atoms with Crippen LogP contribution in [0, 0.1) is 0 Å². The number of likely N-dealkylation sites (N-methyl/N-ethyl adjacent to an activating group) is 1. The molecule has 1 amide bonds. The molecule has 0 fully saturated rings. The van der Waals surface area contributed by atoms with Gasteiger partial charge in [0.1, 0.15) is 5.75 Å². The number of methoxy groups -OCH3 is 1. The van der Waals surface area contributed by atoms with Crippen molar-refractivity contribution in [2.45, 2.75) is 19.8 Å². The van der Waals surface area contributed by atoms with Gasteiger partial charge < -0.3 is 9.64 Å². The first-order chi connectivity index (χ1) is 7.74. The van der Waals surface area contributed by atoms with Crippen LogP contribution in [0.4, 0.5) is 0 Å². The van der Waals surface area contributed by atoms with Gasteiger partial charge in [0.25, 0.3) is 0 Å². The third-order valence-corrected chi connectivity index (χ3v) is 3.14. The van der Waals surface area contributed by atoms with Crippen LogP contribution in [0.1, 0.15) is 18.1 Å². The van der Waals surface area contributed by atoms with Crippen molar-refractivity contribution < 1.29 is 9.53 Å². The van der Waals surface area contributed by atoms with Crippen molar-refractivity contribution in [3.05, 3.63) is 29.3 Å². The predicted octanol–water partition coefficient (Wildman–Crippen LogP) is 1.64. The highest BCUT2D eigenvalue weighted by atomic mass is 16.5. The summed E-state index contributed by atoms with van der Waals surface area (Å²) < 4.78 is 5.18. The highest BCUT2D eigenvalue weighted by molar-refractivity contribution is 5.80. The number of hydrogen-bond acceptors (Lipinski definition) is 2. The average molecular weight is 219 g/mol. The van der Waals surface area contributed by atoms with Crippen LogP contribution in [-0.4, -0.2) is 31.0 Å². The Balaban J connectivity index is 2.30. The molecule has 0 atom stereocenters. The fourth-order valence-corrected chi connectivity index (χ4v) is 2.13. The summed E-state index contributed by atoms with van der Waals surface area (Å²) in [6.45, 7) is 3.65. The normalized spacial score (nSPS) is 15.6. The van der Waals surface area contributed by atoms with Gasteiger partial charge in [-0.25, -0.2) is 0 Å². The first-order valence-electron chi connectivity index (χ1n) is 5.68. The number of carbonyl (C=O) groups excluding carboxylic acids is 1. The molecule has 1 aliphatic heterocycles. The zero-order chi connectivity index (χ0) is 11.5. The predicted molar refractivity (Wildman–Crippen MR) is 62.7 cm³/mol. The van der Waals surface area contributed by atoms with Gasteiger partial charge in [0.15, 0.2) is 0 Å². The van der Waals surface area contributed by atoms with Crippen LogP contribution < -0.4 is 4.74 Å². The van der Waals surface area contributed by atoms with E-state index in [4.69, 9.17) is 4.74 Å². The number of carbonyl (C=O) groups is 1. The third-order valence-electron chi connectivity index (χ3n) is 3.14. The van der Waals surface area contributed by atoms with Crippen LogP contribution in [0.5, 0.6) is 5.75 Å². The smallest absolute Gasteiger partial charge is 0.227 e. The number of amides is 1. The van der Waals surface area contributed by atoms with Gasteiger partial charge in [-0.2, -0.15) is 0 Å². The molecule has 0 bridgehead atoms. The van der Waals surface area contributed by atoms with E-state index in [2.05, 4.69) is 6.07 Å². The largest absolute Gasteiger partial charge is 0.497 e. The summed E-state index contributed by atoms with van der Waals surface area (Å²) in [5.74, 6) is 1.05. The highest BCUT2D eigenvalue weighted by Crippen LogP contribution is 2.21. The molecule has 1 aromatic carbocycles. The number of fused-ring (bicyclic) bond motifs is 1. The molecule has 16 heavy (non-hydrogen) atoms. The van der Waals surface area contributed by atoms with Gasteiger partial charge >= 0.3 is 0 Å². The van der Waals surface area contributed by atoms with Gasteiger partial charge in [0, 0.05) is 13.1 Å². The second-order valence-electron chi connectivity index (χ2n) is 4.03. The maximum absolute atomic E-state index is 11.9. The van der Waals surface area contributed by atoms with E-state index in [-0.39, 0.29) is 5.91 Å². The van der Waals surface area contributed by atoms with Crippen LogP contribution in [0.3, 0.4) is 0 Å². The van der Waals surface area contributed by atoms with E-state index in [1.165, 1.54) is 5.56 Å². The van der Waals surface area contributed by atoms with Crippen LogP contribution >= 0.6 is 0 Å². The molecule has 0 spiro atoms.